The summed E-state index contributed by atoms with van der Waals surface area (Å²) < 4.78 is 5.39. The predicted molar refractivity (Wildman–Crippen MR) is 97.4 cm³/mol. The number of hydrogen-bond donors (Lipinski definition) is 1. The van der Waals surface area contributed by atoms with E-state index in [2.05, 4.69) is 20.4 Å². The molecule has 6 nitrogen and oxygen atoms in total. The summed E-state index contributed by atoms with van der Waals surface area (Å²) in [5.41, 5.74) is 2.63. The van der Waals surface area contributed by atoms with Gasteiger partial charge in [0.1, 0.15) is 0 Å². The van der Waals surface area contributed by atoms with Crippen molar-refractivity contribution in [1.82, 2.24) is 15.1 Å². The molecular weight excluding hydrogens is 328 g/mol. The van der Waals surface area contributed by atoms with E-state index in [0.717, 1.165) is 42.5 Å². The molecule has 0 saturated heterocycles. The Hall–Kier alpha value is -3.02. The molecule has 0 atom stereocenters. The van der Waals surface area contributed by atoms with Gasteiger partial charge in [-0.15, -0.1) is 0 Å². The molecule has 6 heteroatoms. The van der Waals surface area contributed by atoms with Crippen LogP contribution in [0.15, 0.2) is 53.3 Å². The quantitative estimate of drug-likeness (QED) is 0.757. The highest BCUT2D eigenvalue weighted by Crippen LogP contribution is 2.27. The van der Waals surface area contributed by atoms with Gasteiger partial charge in [-0.25, -0.2) is 0 Å². The van der Waals surface area contributed by atoms with E-state index >= 15 is 0 Å². The molecule has 1 aromatic carbocycles. The molecule has 4 rings (SSSR count). The van der Waals surface area contributed by atoms with Gasteiger partial charge in [0.2, 0.25) is 17.6 Å². The predicted octanol–water partition coefficient (Wildman–Crippen LogP) is 3.85. The normalized spacial score (nSPS) is 14.5. The van der Waals surface area contributed by atoms with Gasteiger partial charge in [-0.2, -0.15) is 4.98 Å². The first-order valence-electron chi connectivity index (χ1n) is 8.91. The summed E-state index contributed by atoms with van der Waals surface area (Å²) in [5, 5.41) is 7.11. The van der Waals surface area contributed by atoms with Crippen LogP contribution in [-0.4, -0.2) is 21.0 Å². The van der Waals surface area contributed by atoms with Crippen molar-refractivity contribution in [3.8, 4) is 11.4 Å². The van der Waals surface area contributed by atoms with Crippen LogP contribution >= 0.6 is 0 Å². The van der Waals surface area contributed by atoms with Crippen molar-refractivity contribution in [3.63, 3.8) is 0 Å². The van der Waals surface area contributed by atoms with Gasteiger partial charge in [0.05, 0.1) is 6.42 Å². The summed E-state index contributed by atoms with van der Waals surface area (Å²) in [6, 6.07) is 11.4. The second kappa shape index (κ2) is 7.47. The lowest BCUT2D eigenvalue weighted by molar-refractivity contribution is -0.119. The number of benzene rings is 1. The van der Waals surface area contributed by atoms with Crippen molar-refractivity contribution >= 4 is 11.6 Å². The summed E-state index contributed by atoms with van der Waals surface area (Å²) in [4.78, 5) is 20.9. The molecule has 1 aliphatic rings. The fourth-order valence-corrected chi connectivity index (χ4v) is 3.33. The zero-order valence-electron chi connectivity index (χ0n) is 14.4. The first kappa shape index (κ1) is 16.4. The van der Waals surface area contributed by atoms with Crippen LogP contribution in [0.25, 0.3) is 11.4 Å². The molecule has 132 valence electrons. The Morgan fingerprint density at radius 3 is 2.69 bits per heavy atom. The number of anilines is 1. The number of rotatable bonds is 5. The van der Waals surface area contributed by atoms with Gasteiger partial charge < -0.3 is 9.84 Å². The Labute approximate surface area is 151 Å². The van der Waals surface area contributed by atoms with Crippen LogP contribution in [0.5, 0.6) is 0 Å². The SMILES string of the molecule is O=C(Nc1ccccc1Cc1nc(-c2ccncc2)no1)C1CCCC1. The number of aromatic nitrogens is 3. The molecule has 0 unspecified atom stereocenters. The maximum absolute atomic E-state index is 12.4. The van der Waals surface area contributed by atoms with Crippen molar-refractivity contribution in [2.75, 3.05) is 5.32 Å². The van der Waals surface area contributed by atoms with Crippen LogP contribution in [0, 0.1) is 5.92 Å². The van der Waals surface area contributed by atoms with Gasteiger partial charge in [0.15, 0.2) is 0 Å². The summed E-state index contributed by atoms with van der Waals surface area (Å²) in [5.74, 6) is 1.29. The maximum Gasteiger partial charge on any atom is 0.231 e. The smallest absolute Gasteiger partial charge is 0.231 e. The molecule has 0 bridgehead atoms. The standard InChI is InChI=1S/C20H20N4O2/c25-20(15-5-1-2-6-15)22-17-8-4-3-7-16(17)13-18-23-19(24-26-18)14-9-11-21-12-10-14/h3-4,7-12,15H,1-2,5-6,13H2,(H,22,25). The zero-order valence-corrected chi connectivity index (χ0v) is 14.4. The Kier molecular flexibility index (Phi) is 4.73. The minimum absolute atomic E-state index is 0.109. The number of amides is 1. The molecule has 0 radical (unpaired) electrons. The van der Waals surface area contributed by atoms with Crippen molar-refractivity contribution in [2.24, 2.45) is 5.92 Å². The van der Waals surface area contributed by atoms with E-state index in [9.17, 15) is 4.79 Å². The fraction of sp³-hybridized carbons (Fsp3) is 0.300. The second-order valence-electron chi connectivity index (χ2n) is 6.55. The number of carbonyl (C=O) groups is 1. The maximum atomic E-state index is 12.4. The van der Waals surface area contributed by atoms with Crippen LogP contribution in [0.1, 0.15) is 37.1 Å². The minimum Gasteiger partial charge on any atom is -0.339 e. The van der Waals surface area contributed by atoms with Gasteiger partial charge in [0.25, 0.3) is 0 Å². The van der Waals surface area contributed by atoms with E-state index in [4.69, 9.17) is 4.52 Å². The summed E-state index contributed by atoms with van der Waals surface area (Å²) in [7, 11) is 0. The van der Waals surface area contributed by atoms with E-state index in [-0.39, 0.29) is 11.8 Å². The first-order valence-corrected chi connectivity index (χ1v) is 8.91. The van der Waals surface area contributed by atoms with Crippen LogP contribution in [0.3, 0.4) is 0 Å². The van der Waals surface area contributed by atoms with Gasteiger partial charge in [-0.05, 0) is 36.6 Å². The highest BCUT2D eigenvalue weighted by molar-refractivity contribution is 5.93. The number of carbonyl (C=O) groups excluding carboxylic acids is 1. The van der Waals surface area contributed by atoms with Crippen LogP contribution in [0.4, 0.5) is 5.69 Å². The van der Waals surface area contributed by atoms with Gasteiger partial charge in [-0.1, -0.05) is 36.2 Å². The minimum atomic E-state index is 0.109. The average molecular weight is 348 g/mol. The largest absolute Gasteiger partial charge is 0.339 e. The van der Waals surface area contributed by atoms with Gasteiger partial charge >= 0.3 is 0 Å². The lowest BCUT2D eigenvalue weighted by atomic mass is 10.1. The lowest BCUT2D eigenvalue weighted by Gasteiger charge is -2.13. The van der Waals surface area contributed by atoms with Crippen LogP contribution in [-0.2, 0) is 11.2 Å². The third kappa shape index (κ3) is 3.64. The zero-order chi connectivity index (χ0) is 17.8. The molecule has 0 aliphatic heterocycles. The van der Waals surface area contributed by atoms with Crippen LogP contribution < -0.4 is 5.32 Å². The van der Waals surface area contributed by atoms with Crippen molar-refractivity contribution in [1.29, 1.82) is 0 Å². The van der Waals surface area contributed by atoms with Crippen LogP contribution in [0.2, 0.25) is 0 Å². The second-order valence-corrected chi connectivity index (χ2v) is 6.55. The van der Waals surface area contributed by atoms with Crippen molar-refractivity contribution in [2.45, 2.75) is 32.1 Å². The molecule has 1 amide bonds. The molecular formula is C20H20N4O2. The molecule has 0 spiro atoms. The summed E-state index contributed by atoms with van der Waals surface area (Å²) in [6.45, 7) is 0. The highest BCUT2D eigenvalue weighted by Gasteiger charge is 2.23. The third-order valence-electron chi connectivity index (χ3n) is 4.75. The Morgan fingerprint density at radius 1 is 1.12 bits per heavy atom. The fourth-order valence-electron chi connectivity index (χ4n) is 3.33. The Balaban J connectivity index is 1.50. The molecule has 1 saturated carbocycles. The summed E-state index contributed by atoms with van der Waals surface area (Å²) in [6.07, 6.45) is 8.09. The number of nitrogens with zero attached hydrogens (tertiary/aromatic N) is 3. The van der Waals surface area contributed by atoms with E-state index in [1.807, 2.05) is 36.4 Å². The van der Waals surface area contributed by atoms with Gasteiger partial charge in [0, 0.05) is 29.6 Å². The average Bonchev–Trinajstić information content (AvgIpc) is 3.36. The van der Waals surface area contributed by atoms with E-state index < -0.39 is 0 Å². The molecule has 1 N–H and O–H groups in total. The Morgan fingerprint density at radius 2 is 1.88 bits per heavy atom. The first-order chi connectivity index (χ1) is 12.8. The lowest BCUT2D eigenvalue weighted by Crippen LogP contribution is -2.21. The monoisotopic (exact) mass is 348 g/mol. The molecule has 3 aromatic rings. The number of pyridine rings is 1. The molecule has 1 fully saturated rings. The van der Waals surface area contributed by atoms with E-state index in [1.165, 1.54) is 0 Å². The van der Waals surface area contributed by atoms with E-state index in [1.54, 1.807) is 12.4 Å². The van der Waals surface area contributed by atoms with Gasteiger partial charge in [-0.3, -0.25) is 9.78 Å². The molecule has 1 aliphatic carbocycles. The van der Waals surface area contributed by atoms with Crippen molar-refractivity contribution in [3.05, 3.63) is 60.2 Å². The topological polar surface area (TPSA) is 80.9 Å². The number of para-hydroxylation sites is 1. The highest BCUT2D eigenvalue weighted by atomic mass is 16.5. The molecule has 2 aromatic heterocycles. The molecule has 2 heterocycles. The van der Waals surface area contributed by atoms with E-state index in [0.29, 0.717) is 18.1 Å². The number of nitrogens with one attached hydrogen (secondary N) is 1. The number of hydrogen-bond acceptors (Lipinski definition) is 5. The molecule has 26 heavy (non-hydrogen) atoms. The summed E-state index contributed by atoms with van der Waals surface area (Å²) >= 11 is 0. The Bertz CT molecular complexity index is 886. The third-order valence-corrected chi connectivity index (χ3v) is 4.75. The van der Waals surface area contributed by atoms with Crippen molar-refractivity contribution < 1.29 is 9.32 Å².